The predicted molar refractivity (Wildman–Crippen MR) is 117 cm³/mol. The van der Waals surface area contributed by atoms with Gasteiger partial charge in [0.2, 0.25) is 0 Å². The van der Waals surface area contributed by atoms with Crippen molar-refractivity contribution in [2.75, 3.05) is 20.2 Å². The number of aryl methyl sites for hydroxylation is 1. The van der Waals surface area contributed by atoms with E-state index in [-0.39, 0.29) is 22.3 Å². The van der Waals surface area contributed by atoms with Gasteiger partial charge in [-0.3, -0.25) is 9.69 Å². The van der Waals surface area contributed by atoms with E-state index in [1.54, 1.807) is 0 Å². The van der Waals surface area contributed by atoms with Gasteiger partial charge in [-0.2, -0.15) is 0 Å². The number of esters is 1. The Kier molecular flexibility index (Phi) is 4.24. The van der Waals surface area contributed by atoms with Crippen LogP contribution in [0.2, 0.25) is 0 Å². The number of aliphatic hydroxyl groups is 1. The maximum Gasteiger partial charge on any atom is 0.311 e. The quantitative estimate of drug-likeness (QED) is 0.730. The number of fused-ring (bicyclic) bond motifs is 6. The van der Waals surface area contributed by atoms with Gasteiger partial charge in [0.15, 0.2) is 0 Å². The van der Waals surface area contributed by atoms with E-state index >= 15 is 0 Å². The third-order valence-corrected chi connectivity index (χ3v) is 9.20. The van der Waals surface area contributed by atoms with Crippen molar-refractivity contribution < 1.29 is 14.6 Å². The van der Waals surface area contributed by atoms with Crippen LogP contribution < -0.4 is 0 Å². The second-order valence-electron chi connectivity index (χ2n) is 10.6. The molecule has 2 aliphatic heterocycles. The molecule has 2 aromatic rings. The zero-order valence-corrected chi connectivity index (χ0v) is 18.9. The van der Waals surface area contributed by atoms with Crippen LogP contribution in [0.1, 0.15) is 51.3 Å². The van der Waals surface area contributed by atoms with Crippen LogP contribution in [0.25, 0.3) is 10.9 Å². The van der Waals surface area contributed by atoms with Crippen molar-refractivity contribution in [1.29, 1.82) is 0 Å². The molecular formula is C25H34N2O3. The SMILES string of the molecule is COC(=O)[C@H]1[C@@H](O)CC[C@@]2(C)CN3CCc4c(n(C)c5ccccc45)[C@]3(C)C[C@]12C. The molecule has 30 heavy (non-hydrogen) atoms. The summed E-state index contributed by atoms with van der Waals surface area (Å²) in [5.41, 5.74) is 3.55. The molecule has 1 N–H and O–H groups in total. The molecule has 5 atom stereocenters. The highest BCUT2D eigenvalue weighted by Crippen LogP contribution is 2.64. The van der Waals surface area contributed by atoms with Gasteiger partial charge in [-0.1, -0.05) is 32.0 Å². The van der Waals surface area contributed by atoms with Crippen molar-refractivity contribution in [3.63, 3.8) is 0 Å². The fraction of sp³-hybridized carbons (Fsp3) is 0.640. The molecule has 3 heterocycles. The number of ether oxygens (including phenoxy) is 1. The smallest absolute Gasteiger partial charge is 0.311 e. The van der Waals surface area contributed by atoms with Crippen LogP contribution in [0.4, 0.5) is 0 Å². The summed E-state index contributed by atoms with van der Waals surface area (Å²) in [5.74, 6) is -0.749. The monoisotopic (exact) mass is 410 g/mol. The first-order valence-electron chi connectivity index (χ1n) is 11.2. The largest absolute Gasteiger partial charge is 0.469 e. The molecule has 1 saturated heterocycles. The highest BCUT2D eigenvalue weighted by molar-refractivity contribution is 5.86. The molecule has 0 amide bonds. The normalized spacial score (nSPS) is 38.6. The molecule has 3 aliphatic rings. The third-order valence-electron chi connectivity index (χ3n) is 9.20. The molecule has 0 radical (unpaired) electrons. The minimum Gasteiger partial charge on any atom is -0.469 e. The van der Waals surface area contributed by atoms with E-state index in [2.05, 4.69) is 61.6 Å². The number of piperidine rings is 1. The number of aliphatic hydroxyl groups excluding tert-OH is 1. The number of hydrogen-bond acceptors (Lipinski definition) is 4. The van der Waals surface area contributed by atoms with E-state index in [0.717, 1.165) is 32.4 Å². The Morgan fingerprint density at radius 3 is 2.70 bits per heavy atom. The molecular weight excluding hydrogens is 376 g/mol. The van der Waals surface area contributed by atoms with Crippen molar-refractivity contribution in [3.8, 4) is 0 Å². The maximum atomic E-state index is 12.9. The van der Waals surface area contributed by atoms with Crippen LogP contribution in [0.15, 0.2) is 24.3 Å². The highest BCUT2D eigenvalue weighted by atomic mass is 16.5. The molecule has 0 spiro atoms. The minimum atomic E-state index is -0.638. The number of nitrogens with zero attached hydrogens (tertiary/aromatic N) is 2. The standard InChI is InChI=1S/C25H34N2O3/c1-23-12-10-19(28)20(22(29)30-5)24(23,2)14-25(3)21-17(11-13-27(25)15-23)16-8-6-7-9-18(16)26(21)4/h6-9,19-20,28H,10-15H2,1-5H3/t19-,20+,23-,24+,25-/m0/s1. The first-order valence-corrected chi connectivity index (χ1v) is 11.2. The van der Waals surface area contributed by atoms with Gasteiger partial charge >= 0.3 is 5.97 Å². The average molecular weight is 411 g/mol. The topological polar surface area (TPSA) is 54.7 Å². The third kappa shape index (κ3) is 2.34. The molecule has 1 aromatic carbocycles. The highest BCUT2D eigenvalue weighted by Gasteiger charge is 2.65. The van der Waals surface area contributed by atoms with Crippen molar-refractivity contribution in [1.82, 2.24) is 9.47 Å². The van der Waals surface area contributed by atoms with E-state index in [1.165, 1.54) is 29.3 Å². The average Bonchev–Trinajstić information content (AvgIpc) is 3.01. The van der Waals surface area contributed by atoms with Crippen molar-refractivity contribution in [2.45, 2.75) is 58.1 Å². The maximum absolute atomic E-state index is 12.9. The lowest BCUT2D eigenvalue weighted by molar-refractivity contribution is -0.204. The van der Waals surface area contributed by atoms with Crippen LogP contribution >= 0.6 is 0 Å². The summed E-state index contributed by atoms with van der Waals surface area (Å²) in [5, 5.41) is 12.3. The lowest BCUT2D eigenvalue weighted by atomic mass is 9.46. The summed E-state index contributed by atoms with van der Waals surface area (Å²) in [7, 11) is 3.63. The van der Waals surface area contributed by atoms with Crippen LogP contribution in [0.5, 0.6) is 0 Å². The first-order chi connectivity index (χ1) is 14.2. The van der Waals surface area contributed by atoms with E-state index in [1.807, 2.05) is 0 Å². The van der Waals surface area contributed by atoms with Gasteiger partial charge < -0.3 is 14.4 Å². The molecule has 1 aromatic heterocycles. The Labute approximate surface area is 179 Å². The molecule has 0 unspecified atom stereocenters. The summed E-state index contributed by atoms with van der Waals surface area (Å²) in [6.45, 7) is 8.89. The number of carbonyl (C=O) groups is 1. The second-order valence-corrected chi connectivity index (χ2v) is 10.6. The number of hydrogen-bond donors (Lipinski definition) is 1. The van der Waals surface area contributed by atoms with Crippen molar-refractivity contribution in [2.24, 2.45) is 23.8 Å². The molecule has 1 saturated carbocycles. The van der Waals surface area contributed by atoms with E-state index in [9.17, 15) is 9.90 Å². The molecule has 162 valence electrons. The first kappa shape index (κ1) is 20.1. The molecule has 0 bridgehead atoms. The fourth-order valence-corrected chi connectivity index (χ4v) is 7.49. The van der Waals surface area contributed by atoms with Gasteiger partial charge in [-0.05, 0) is 55.1 Å². The molecule has 5 heteroatoms. The number of rotatable bonds is 1. The van der Waals surface area contributed by atoms with Gasteiger partial charge in [0, 0.05) is 36.7 Å². The number of benzene rings is 1. The van der Waals surface area contributed by atoms with Crippen LogP contribution in [-0.2, 0) is 28.5 Å². The molecule has 1 aliphatic carbocycles. The lowest BCUT2D eigenvalue weighted by Gasteiger charge is -2.66. The Balaban J connectivity index is 1.70. The summed E-state index contributed by atoms with van der Waals surface area (Å²) in [6, 6.07) is 8.68. The number of aromatic nitrogens is 1. The molecule has 5 rings (SSSR count). The molecule has 2 fully saturated rings. The van der Waals surface area contributed by atoms with Gasteiger partial charge in [0.05, 0.1) is 24.7 Å². The zero-order chi connectivity index (χ0) is 21.5. The predicted octanol–water partition coefficient (Wildman–Crippen LogP) is 3.61. The van der Waals surface area contributed by atoms with Gasteiger partial charge in [0.25, 0.3) is 0 Å². The number of methoxy groups -OCH3 is 1. The Morgan fingerprint density at radius 1 is 1.23 bits per heavy atom. The zero-order valence-electron chi connectivity index (χ0n) is 18.9. The van der Waals surface area contributed by atoms with E-state index < -0.39 is 12.0 Å². The van der Waals surface area contributed by atoms with Gasteiger partial charge in [-0.25, -0.2) is 0 Å². The summed E-state index contributed by atoms with van der Waals surface area (Å²) < 4.78 is 7.58. The van der Waals surface area contributed by atoms with E-state index in [4.69, 9.17) is 4.74 Å². The Bertz CT molecular complexity index is 1030. The number of carbonyl (C=O) groups excluding carboxylic acids is 1. The van der Waals surface area contributed by atoms with Crippen molar-refractivity contribution in [3.05, 3.63) is 35.5 Å². The summed E-state index contributed by atoms with van der Waals surface area (Å²) >= 11 is 0. The lowest BCUT2D eigenvalue weighted by Crippen LogP contribution is -2.68. The van der Waals surface area contributed by atoms with Crippen molar-refractivity contribution >= 4 is 16.9 Å². The molecule has 5 nitrogen and oxygen atoms in total. The fourth-order valence-electron chi connectivity index (χ4n) is 7.49. The minimum absolute atomic E-state index is 0.0350. The van der Waals surface area contributed by atoms with Gasteiger partial charge in [0.1, 0.15) is 0 Å². The number of para-hydroxylation sites is 1. The van der Waals surface area contributed by atoms with Gasteiger partial charge in [-0.15, -0.1) is 0 Å². The second kappa shape index (κ2) is 6.33. The Hall–Kier alpha value is -1.85. The van der Waals surface area contributed by atoms with E-state index in [0.29, 0.717) is 6.42 Å². The summed E-state index contributed by atoms with van der Waals surface area (Å²) in [6.07, 6.45) is 2.86. The van der Waals surface area contributed by atoms with Crippen LogP contribution in [0, 0.1) is 16.7 Å². The Morgan fingerprint density at radius 2 is 1.97 bits per heavy atom. The summed E-state index contributed by atoms with van der Waals surface area (Å²) in [4.78, 5) is 15.6. The van der Waals surface area contributed by atoms with Crippen LogP contribution in [-0.4, -0.2) is 46.8 Å². The van der Waals surface area contributed by atoms with Crippen LogP contribution in [0.3, 0.4) is 0 Å².